The van der Waals surface area contributed by atoms with Crippen LogP contribution in [0.2, 0.25) is 0 Å². The summed E-state index contributed by atoms with van der Waals surface area (Å²) in [6, 6.07) is 8.35. The van der Waals surface area contributed by atoms with Gasteiger partial charge in [-0.1, -0.05) is 25.1 Å². The first-order chi connectivity index (χ1) is 8.74. The van der Waals surface area contributed by atoms with E-state index < -0.39 is 0 Å². The van der Waals surface area contributed by atoms with E-state index in [0.29, 0.717) is 6.42 Å². The predicted octanol–water partition coefficient (Wildman–Crippen LogP) is 3.33. The SMILES string of the molecule is CCCn1cc(-c2ccc(CC#N)cc2C)cn1. The number of hydrogen-bond donors (Lipinski definition) is 0. The third-order valence-electron chi connectivity index (χ3n) is 2.97. The molecule has 0 fully saturated rings. The van der Waals surface area contributed by atoms with E-state index in [9.17, 15) is 0 Å². The van der Waals surface area contributed by atoms with E-state index in [1.807, 2.05) is 16.9 Å². The van der Waals surface area contributed by atoms with Gasteiger partial charge in [0, 0.05) is 18.3 Å². The van der Waals surface area contributed by atoms with E-state index in [4.69, 9.17) is 5.26 Å². The molecule has 1 heterocycles. The summed E-state index contributed by atoms with van der Waals surface area (Å²) in [5.74, 6) is 0. The highest BCUT2D eigenvalue weighted by Crippen LogP contribution is 2.24. The van der Waals surface area contributed by atoms with Crippen LogP contribution >= 0.6 is 0 Å². The molecule has 92 valence electrons. The average Bonchev–Trinajstić information content (AvgIpc) is 2.78. The van der Waals surface area contributed by atoms with Gasteiger partial charge >= 0.3 is 0 Å². The Bertz CT molecular complexity index is 576. The Morgan fingerprint density at radius 2 is 2.22 bits per heavy atom. The molecule has 0 aliphatic carbocycles. The van der Waals surface area contributed by atoms with Crippen LogP contribution in [0.4, 0.5) is 0 Å². The van der Waals surface area contributed by atoms with Gasteiger partial charge in [-0.25, -0.2) is 0 Å². The maximum atomic E-state index is 8.70. The first kappa shape index (κ1) is 12.4. The largest absolute Gasteiger partial charge is 0.272 e. The molecule has 2 rings (SSSR count). The minimum absolute atomic E-state index is 0.468. The van der Waals surface area contributed by atoms with Crippen molar-refractivity contribution in [2.75, 3.05) is 0 Å². The molecule has 0 saturated heterocycles. The fourth-order valence-electron chi connectivity index (χ4n) is 2.10. The summed E-state index contributed by atoms with van der Waals surface area (Å²) in [6.07, 6.45) is 5.54. The van der Waals surface area contributed by atoms with E-state index in [0.717, 1.165) is 24.1 Å². The van der Waals surface area contributed by atoms with Crippen LogP contribution in [0, 0.1) is 18.3 Å². The number of hydrogen-bond acceptors (Lipinski definition) is 2. The van der Waals surface area contributed by atoms with Crippen LogP contribution in [0.1, 0.15) is 24.5 Å². The quantitative estimate of drug-likeness (QED) is 0.821. The van der Waals surface area contributed by atoms with Crippen molar-refractivity contribution in [3.8, 4) is 17.2 Å². The molecule has 0 aliphatic heterocycles. The highest BCUT2D eigenvalue weighted by molar-refractivity contribution is 5.66. The lowest BCUT2D eigenvalue weighted by Crippen LogP contribution is -1.95. The summed E-state index contributed by atoms with van der Waals surface area (Å²) >= 11 is 0. The number of nitriles is 1. The molecule has 2 aromatic rings. The average molecular weight is 239 g/mol. The second kappa shape index (κ2) is 5.50. The number of nitrogens with zero attached hydrogens (tertiary/aromatic N) is 3. The van der Waals surface area contributed by atoms with Gasteiger partial charge in [-0.05, 0) is 30.0 Å². The molecule has 0 saturated carbocycles. The lowest BCUT2D eigenvalue weighted by molar-refractivity contribution is 0.603. The third kappa shape index (κ3) is 2.60. The Balaban J connectivity index is 2.30. The molecule has 0 amide bonds. The first-order valence-electron chi connectivity index (χ1n) is 6.24. The van der Waals surface area contributed by atoms with Gasteiger partial charge in [0.1, 0.15) is 0 Å². The summed E-state index contributed by atoms with van der Waals surface area (Å²) in [5, 5.41) is 13.0. The molecular formula is C15H17N3. The standard InChI is InChI=1S/C15H17N3/c1-3-8-18-11-14(10-17-18)15-5-4-13(6-7-16)9-12(15)2/h4-5,9-11H,3,6,8H2,1-2H3. The van der Waals surface area contributed by atoms with Crippen molar-refractivity contribution >= 4 is 0 Å². The van der Waals surface area contributed by atoms with E-state index in [1.54, 1.807) is 0 Å². The van der Waals surface area contributed by atoms with Gasteiger partial charge in [-0.2, -0.15) is 10.4 Å². The normalized spacial score (nSPS) is 10.3. The Morgan fingerprint density at radius 3 is 2.89 bits per heavy atom. The molecule has 0 spiro atoms. The van der Waals surface area contributed by atoms with Gasteiger partial charge in [0.15, 0.2) is 0 Å². The molecule has 0 N–H and O–H groups in total. The van der Waals surface area contributed by atoms with Crippen molar-refractivity contribution < 1.29 is 0 Å². The van der Waals surface area contributed by atoms with Gasteiger partial charge in [-0.15, -0.1) is 0 Å². The van der Waals surface area contributed by atoms with E-state index in [2.05, 4.69) is 43.3 Å². The highest BCUT2D eigenvalue weighted by Gasteiger charge is 2.05. The lowest BCUT2D eigenvalue weighted by atomic mass is 10.00. The third-order valence-corrected chi connectivity index (χ3v) is 2.97. The van der Waals surface area contributed by atoms with E-state index in [-0.39, 0.29) is 0 Å². The van der Waals surface area contributed by atoms with Crippen molar-refractivity contribution in [3.63, 3.8) is 0 Å². The van der Waals surface area contributed by atoms with Gasteiger partial charge in [-0.3, -0.25) is 4.68 Å². The van der Waals surface area contributed by atoms with Crippen molar-refractivity contribution in [3.05, 3.63) is 41.7 Å². The summed E-state index contributed by atoms with van der Waals surface area (Å²) in [5.41, 5.74) is 4.60. The van der Waals surface area contributed by atoms with Crippen LogP contribution in [0.5, 0.6) is 0 Å². The van der Waals surface area contributed by atoms with Gasteiger partial charge in [0.2, 0.25) is 0 Å². The van der Waals surface area contributed by atoms with Crippen molar-refractivity contribution in [1.29, 1.82) is 5.26 Å². The van der Waals surface area contributed by atoms with Crippen LogP contribution in [0.15, 0.2) is 30.6 Å². The molecule has 0 atom stereocenters. The predicted molar refractivity (Wildman–Crippen MR) is 72.0 cm³/mol. The van der Waals surface area contributed by atoms with E-state index >= 15 is 0 Å². The molecule has 3 heteroatoms. The van der Waals surface area contributed by atoms with E-state index in [1.165, 1.54) is 11.1 Å². The molecular weight excluding hydrogens is 222 g/mol. The first-order valence-corrected chi connectivity index (χ1v) is 6.24. The zero-order chi connectivity index (χ0) is 13.0. The second-order valence-corrected chi connectivity index (χ2v) is 4.48. The van der Waals surface area contributed by atoms with Crippen molar-refractivity contribution in [2.24, 2.45) is 0 Å². The number of benzene rings is 1. The molecule has 0 unspecified atom stereocenters. The van der Waals surface area contributed by atoms with Gasteiger partial charge in [0.05, 0.1) is 18.7 Å². The molecule has 1 aromatic carbocycles. The molecule has 0 aliphatic rings. The van der Waals surface area contributed by atoms with Gasteiger partial charge in [0.25, 0.3) is 0 Å². The monoisotopic (exact) mass is 239 g/mol. The molecule has 3 nitrogen and oxygen atoms in total. The highest BCUT2D eigenvalue weighted by atomic mass is 15.3. The molecule has 0 radical (unpaired) electrons. The minimum Gasteiger partial charge on any atom is -0.272 e. The zero-order valence-corrected chi connectivity index (χ0v) is 10.8. The fourth-order valence-corrected chi connectivity index (χ4v) is 2.10. The smallest absolute Gasteiger partial charge is 0.0669 e. The summed E-state index contributed by atoms with van der Waals surface area (Å²) < 4.78 is 1.97. The van der Waals surface area contributed by atoms with Gasteiger partial charge < -0.3 is 0 Å². The molecule has 18 heavy (non-hydrogen) atoms. The maximum Gasteiger partial charge on any atom is 0.0669 e. The topological polar surface area (TPSA) is 41.6 Å². The van der Waals surface area contributed by atoms with Crippen molar-refractivity contribution in [1.82, 2.24) is 9.78 Å². The zero-order valence-electron chi connectivity index (χ0n) is 10.8. The maximum absolute atomic E-state index is 8.70. The lowest BCUT2D eigenvalue weighted by Gasteiger charge is -2.05. The second-order valence-electron chi connectivity index (χ2n) is 4.48. The molecule has 1 aromatic heterocycles. The Labute approximate surface area is 108 Å². The number of rotatable bonds is 4. The summed E-state index contributed by atoms with van der Waals surface area (Å²) in [4.78, 5) is 0. The van der Waals surface area contributed by atoms with Crippen LogP contribution in [-0.4, -0.2) is 9.78 Å². The summed E-state index contributed by atoms with van der Waals surface area (Å²) in [6.45, 7) is 5.17. The Morgan fingerprint density at radius 1 is 1.39 bits per heavy atom. The summed E-state index contributed by atoms with van der Waals surface area (Å²) in [7, 11) is 0. The van der Waals surface area contributed by atoms with Crippen molar-refractivity contribution in [2.45, 2.75) is 33.2 Å². The van der Waals surface area contributed by atoms with Crippen LogP contribution in [0.25, 0.3) is 11.1 Å². The molecule has 0 bridgehead atoms. The minimum atomic E-state index is 0.468. The number of aryl methyl sites for hydroxylation is 2. The number of aromatic nitrogens is 2. The van der Waals surface area contributed by atoms with Crippen LogP contribution in [0.3, 0.4) is 0 Å². The fraction of sp³-hybridized carbons (Fsp3) is 0.333. The van der Waals surface area contributed by atoms with Crippen LogP contribution in [-0.2, 0) is 13.0 Å². The Hall–Kier alpha value is -2.08. The van der Waals surface area contributed by atoms with Crippen LogP contribution < -0.4 is 0 Å². The Kier molecular flexibility index (Phi) is 3.78.